The molecule has 3 N–H and O–H groups in total. The van der Waals surface area contributed by atoms with Crippen molar-refractivity contribution in [3.8, 4) is 0 Å². The van der Waals surface area contributed by atoms with Crippen LogP contribution in [0.4, 0.5) is 17.2 Å². The van der Waals surface area contributed by atoms with Gasteiger partial charge >= 0.3 is 0 Å². The summed E-state index contributed by atoms with van der Waals surface area (Å²) in [6.45, 7) is 3.76. The third-order valence-electron chi connectivity index (χ3n) is 2.36. The molecule has 2 aromatic rings. The van der Waals surface area contributed by atoms with Gasteiger partial charge in [-0.05, 0) is 31.5 Å². The van der Waals surface area contributed by atoms with Gasteiger partial charge in [0.1, 0.15) is 16.8 Å². The largest absolute Gasteiger partial charge is 0.398 e. The Bertz CT molecular complexity index is 534. The van der Waals surface area contributed by atoms with Crippen molar-refractivity contribution in [3.63, 3.8) is 0 Å². The van der Waals surface area contributed by atoms with E-state index in [1.807, 2.05) is 25.1 Å². The lowest BCUT2D eigenvalue weighted by atomic mass is 10.2. The van der Waals surface area contributed by atoms with Crippen LogP contribution >= 0.6 is 11.6 Å². The molecular formula is C12H13ClN4. The Morgan fingerprint density at radius 2 is 1.94 bits per heavy atom. The Labute approximate surface area is 105 Å². The maximum Gasteiger partial charge on any atom is 0.135 e. The topological polar surface area (TPSA) is 63.8 Å². The molecule has 0 aliphatic carbocycles. The highest BCUT2D eigenvalue weighted by Crippen LogP contribution is 2.21. The molecule has 0 fully saturated rings. The Hall–Kier alpha value is -1.81. The van der Waals surface area contributed by atoms with Crippen LogP contribution in [-0.4, -0.2) is 9.97 Å². The number of halogens is 1. The average Bonchev–Trinajstić information content (AvgIpc) is 2.22. The minimum Gasteiger partial charge on any atom is -0.398 e. The SMILES string of the molecule is Cc1nc(Cl)cc(Nc2ccc(C)c(N)c2)n1. The number of benzene rings is 1. The minimum atomic E-state index is 0.417. The predicted molar refractivity (Wildman–Crippen MR) is 70.7 cm³/mol. The standard InChI is InChI=1S/C12H13ClN4/c1-7-3-4-9(5-10(7)14)17-12-6-11(13)15-8(2)16-12/h3-6H,14H2,1-2H3,(H,15,16,17). The van der Waals surface area contributed by atoms with E-state index in [4.69, 9.17) is 17.3 Å². The fraction of sp³-hybridized carbons (Fsp3) is 0.167. The van der Waals surface area contributed by atoms with Gasteiger partial charge in [0.25, 0.3) is 0 Å². The van der Waals surface area contributed by atoms with Gasteiger partial charge in [-0.1, -0.05) is 17.7 Å². The Morgan fingerprint density at radius 3 is 2.59 bits per heavy atom. The number of hydrogen-bond acceptors (Lipinski definition) is 4. The van der Waals surface area contributed by atoms with Gasteiger partial charge in [-0.2, -0.15) is 0 Å². The van der Waals surface area contributed by atoms with Crippen LogP contribution in [0.2, 0.25) is 5.15 Å². The number of nitrogens with zero attached hydrogens (tertiary/aromatic N) is 2. The summed E-state index contributed by atoms with van der Waals surface area (Å²) in [4.78, 5) is 8.23. The summed E-state index contributed by atoms with van der Waals surface area (Å²) >= 11 is 5.86. The van der Waals surface area contributed by atoms with Gasteiger partial charge in [-0.25, -0.2) is 9.97 Å². The highest BCUT2D eigenvalue weighted by Gasteiger charge is 2.02. The quantitative estimate of drug-likeness (QED) is 0.633. The second-order valence-electron chi connectivity index (χ2n) is 3.82. The van der Waals surface area contributed by atoms with E-state index in [0.29, 0.717) is 16.8 Å². The number of hydrogen-bond donors (Lipinski definition) is 2. The van der Waals surface area contributed by atoms with Gasteiger partial charge in [0.05, 0.1) is 0 Å². The highest BCUT2D eigenvalue weighted by atomic mass is 35.5. The van der Waals surface area contributed by atoms with Crippen molar-refractivity contribution in [2.24, 2.45) is 0 Å². The second kappa shape index (κ2) is 4.59. The molecule has 2 rings (SSSR count). The van der Waals surface area contributed by atoms with Crippen LogP contribution in [0, 0.1) is 13.8 Å². The summed E-state index contributed by atoms with van der Waals surface area (Å²) < 4.78 is 0. The molecule has 0 aliphatic heterocycles. The van der Waals surface area contributed by atoms with Crippen LogP contribution in [0.3, 0.4) is 0 Å². The van der Waals surface area contributed by atoms with E-state index in [1.54, 1.807) is 13.0 Å². The summed E-state index contributed by atoms with van der Waals surface area (Å²) in [5.41, 5.74) is 8.50. The molecule has 0 spiro atoms. The minimum absolute atomic E-state index is 0.417. The van der Waals surface area contributed by atoms with Gasteiger partial charge in [-0.15, -0.1) is 0 Å². The zero-order valence-corrected chi connectivity index (χ0v) is 10.4. The summed E-state index contributed by atoms with van der Waals surface area (Å²) in [5.74, 6) is 1.28. The molecule has 0 amide bonds. The Kier molecular flexibility index (Phi) is 3.15. The van der Waals surface area contributed by atoms with Crippen molar-refractivity contribution in [2.45, 2.75) is 13.8 Å². The summed E-state index contributed by atoms with van der Waals surface area (Å²) in [5, 5.41) is 3.55. The van der Waals surface area contributed by atoms with E-state index in [-0.39, 0.29) is 0 Å². The lowest BCUT2D eigenvalue weighted by Gasteiger charge is -2.08. The zero-order chi connectivity index (χ0) is 12.4. The van der Waals surface area contributed by atoms with E-state index >= 15 is 0 Å². The first-order valence-electron chi connectivity index (χ1n) is 5.19. The molecule has 0 unspecified atom stereocenters. The Balaban J connectivity index is 2.28. The van der Waals surface area contributed by atoms with Gasteiger partial charge in [0.2, 0.25) is 0 Å². The fourth-order valence-electron chi connectivity index (χ4n) is 1.46. The number of rotatable bonds is 2. The summed E-state index contributed by atoms with van der Waals surface area (Å²) in [7, 11) is 0. The first-order valence-corrected chi connectivity index (χ1v) is 5.57. The molecule has 1 aromatic carbocycles. The van der Waals surface area contributed by atoms with Crippen molar-refractivity contribution in [3.05, 3.63) is 40.8 Å². The molecule has 0 saturated carbocycles. The van der Waals surface area contributed by atoms with Crippen molar-refractivity contribution >= 4 is 28.8 Å². The van der Waals surface area contributed by atoms with Crippen molar-refractivity contribution in [1.82, 2.24) is 9.97 Å². The zero-order valence-electron chi connectivity index (χ0n) is 9.66. The van der Waals surface area contributed by atoms with E-state index < -0.39 is 0 Å². The molecule has 1 heterocycles. The molecule has 0 saturated heterocycles. The third-order valence-corrected chi connectivity index (χ3v) is 2.55. The predicted octanol–water partition coefficient (Wildman–Crippen LogP) is 3.07. The lowest BCUT2D eigenvalue weighted by molar-refractivity contribution is 1.06. The van der Waals surface area contributed by atoms with E-state index in [2.05, 4.69) is 15.3 Å². The fourth-order valence-corrected chi connectivity index (χ4v) is 1.69. The monoisotopic (exact) mass is 248 g/mol. The number of nitrogens with one attached hydrogen (secondary N) is 1. The van der Waals surface area contributed by atoms with Crippen molar-refractivity contribution in [1.29, 1.82) is 0 Å². The van der Waals surface area contributed by atoms with Gasteiger partial charge in [0, 0.05) is 17.4 Å². The van der Waals surface area contributed by atoms with Crippen LogP contribution in [0.5, 0.6) is 0 Å². The number of aromatic nitrogens is 2. The molecule has 0 radical (unpaired) electrons. The van der Waals surface area contributed by atoms with E-state index in [9.17, 15) is 0 Å². The molecule has 0 bridgehead atoms. The smallest absolute Gasteiger partial charge is 0.135 e. The van der Waals surface area contributed by atoms with Crippen LogP contribution in [0.15, 0.2) is 24.3 Å². The highest BCUT2D eigenvalue weighted by molar-refractivity contribution is 6.29. The summed E-state index contributed by atoms with van der Waals surface area (Å²) in [6, 6.07) is 7.43. The van der Waals surface area contributed by atoms with Crippen LogP contribution in [0.25, 0.3) is 0 Å². The molecule has 1 aromatic heterocycles. The van der Waals surface area contributed by atoms with Gasteiger partial charge in [0.15, 0.2) is 0 Å². The van der Waals surface area contributed by atoms with Gasteiger partial charge < -0.3 is 11.1 Å². The normalized spacial score (nSPS) is 10.3. The second-order valence-corrected chi connectivity index (χ2v) is 4.21. The first kappa shape index (κ1) is 11.7. The number of anilines is 3. The number of nitrogens with two attached hydrogens (primary N) is 1. The number of nitrogen functional groups attached to an aromatic ring is 1. The van der Waals surface area contributed by atoms with Crippen molar-refractivity contribution in [2.75, 3.05) is 11.1 Å². The number of aryl methyl sites for hydroxylation is 2. The van der Waals surface area contributed by atoms with Crippen LogP contribution < -0.4 is 11.1 Å². The molecule has 4 nitrogen and oxygen atoms in total. The maximum atomic E-state index is 5.86. The van der Waals surface area contributed by atoms with Gasteiger partial charge in [-0.3, -0.25) is 0 Å². The molecule has 5 heteroatoms. The molecule has 88 valence electrons. The van der Waals surface area contributed by atoms with Crippen molar-refractivity contribution < 1.29 is 0 Å². The Morgan fingerprint density at radius 1 is 1.18 bits per heavy atom. The third kappa shape index (κ3) is 2.85. The van der Waals surface area contributed by atoms with Crippen LogP contribution in [0.1, 0.15) is 11.4 Å². The molecule has 17 heavy (non-hydrogen) atoms. The lowest BCUT2D eigenvalue weighted by Crippen LogP contribution is -1.98. The molecule has 0 atom stereocenters. The van der Waals surface area contributed by atoms with Crippen LogP contribution in [-0.2, 0) is 0 Å². The maximum absolute atomic E-state index is 5.86. The van der Waals surface area contributed by atoms with E-state index in [1.165, 1.54) is 0 Å². The first-order chi connectivity index (χ1) is 8.04. The summed E-state index contributed by atoms with van der Waals surface area (Å²) in [6.07, 6.45) is 0. The molecule has 0 aliphatic rings. The average molecular weight is 249 g/mol. The van der Waals surface area contributed by atoms with E-state index in [0.717, 1.165) is 16.9 Å². The molecular weight excluding hydrogens is 236 g/mol.